The summed E-state index contributed by atoms with van der Waals surface area (Å²) in [6.07, 6.45) is 9.17. The van der Waals surface area contributed by atoms with E-state index in [4.69, 9.17) is 4.74 Å². The molecule has 0 bridgehead atoms. The predicted molar refractivity (Wildman–Crippen MR) is 106 cm³/mol. The van der Waals surface area contributed by atoms with Crippen LogP contribution in [0.3, 0.4) is 0 Å². The quantitative estimate of drug-likeness (QED) is 0.363. The van der Waals surface area contributed by atoms with Crippen LogP contribution in [0.5, 0.6) is 5.75 Å². The van der Waals surface area contributed by atoms with Crippen LogP contribution in [0, 0.1) is 11.3 Å². The number of hydrogen-bond donors (Lipinski definition) is 0. The van der Waals surface area contributed by atoms with Crippen LogP contribution in [0.2, 0.25) is 0 Å². The minimum atomic E-state index is 0.613. The van der Waals surface area contributed by atoms with Crippen molar-refractivity contribution in [1.82, 2.24) is 0 Å². The maximum Gasteiger partial charge on any atom is 0.126 e. The van der Waals surface area contributed by atoms with E-state index < -0.39 is 0 Å². The zero-order valence-electron chi connectivity index (χ0n) is 15.0. The Morgan fingerprint density at radius 1 is 1.12 bits per heavy atom. The molecule has 0 heterocycles. The average molecular weight is 329 g/mol. The van der Waals surface area contributed by atoms with Gasteiger partial charge >= 0.3 is 0 Å². The Morgan fingerprint density at radius 2 is 1.84 bits per heavy atom. The van der Waals surface area contributed by atoms with Gasteiger partial charge in [-0.2, -0.15) is 5.26 Å². The predicted octanol–water partition coefficient (Wildman–Crippen LogP) is 6.13. The molecule has 0 saturated carbocycles. The van der Waals surface area contributed by atoms with Crippen LogP contribution in [0.15, 0.2) is 66.3 Å². The minimum absolute atomic E-state index is 0.613. The van der Waals surface area contributed by atoms with Gasteiger partial charge in [-0.3, -0.25) is 0 Å². The third-order valence-electron chi connectivity index (χ3n) is 4.01. The number of rotatable bonds is 6. The molecule has 25 heavy (non-hydrogen) atoms. The first-order valence-electron chi connectivity index (χ1n) is 8.37. The fraction of sp³-hybridized carbons (Fsp3) is 0.174. The first-order chi connectivity index (χ1) is 12.2. The van der Waals surface area contributed by atoms with Gasteiger partial charge in [-0.15, -0.1) is 0 Å². The Balaban J connectivity index is 2.25. The SMILES string of the molecule is CC/C(C)=C\C=C\c1ccc(/C(C#N)=C/c2ccccc2OC)cc1. The fourth-order valence-corrected chi connectivity index (χ4v) is 2.34. The minimum Gasteiger partial charge on any atom is -0.496 e. The third-order valence-corrected chi connectivity index (χ3v) is 4.01. The van der Waals surface area contributed by atoms with Crippen LogP contribution in [0.25, 0.3) is 17.7 Å². The molecule has 0 N–H and O–H groups in total. The van der Waals surface area contributed by atoms with Crippen molar-refractivity contribution in [3.8, 4) is 11.8 Å². The summed E-state index contributed by atoms with van der Waals surface area (Å²) in [5, 5.41) is 9.52. The van der Waals surface area contributed by atoms with Crippen LogP contribution in [-0.4, -0.2) is 7.11 Å². The molecule has 0 aliphatic heterocycles. The average Bonchev–Trinajstić information content (AvgIpc) is 2.66. The van der Waals surface area contributed by atoms with Gasteiger partial charge in [-0.05, 0) is 36.6 Å². The van der Waals surface area contributed by atoms with Gasteiger partial charge in [0.1, 0.15) is 5.75 Å². The largest absolute Gasteiger partial charge is 0.496 e. The molecular weight excluding hydrogens is 306 g/mol. The number of para-hydroxylation sites is 1. The molecule has 0 fully saturated rings. The molecule has 2 heteroatoms. The molecule has 0 atom stereocenters. The van der Waals surface area contributed by atoms with Crippen molar-refractivity contribution in [1.29, 1.82) is 5.26 Å². The van der Waals surface area contributed by atoms with Crippen molar-refractivity contribution < 1.29 is 4.74 Å². The summed E-state index contributed by atoms with van der Waals surface area (Å²) < 4.78 is 5.35. The van der Waals surface area contributed by atoms with Crippen LogP contribution in [-0.2, 0) is 0 Å². The molecule has 126 valence electrons. The second-order valence-electron chi connectivity index (χ2n) is 5.76. The topological polar surface area (TPSA) is 33.0 Å². The first-order valence-corrected chi connectivity index (χ1v) is 8.37. The van der Waals surface area contributed by atoms with E-state index in [0.29, 0.717) is 5.57 Å². The van der Waals surface area contributed by atoms with Gasteiger partial charge < -0.3 is 4.74 Å². The maximum atomic E-state index is 9.52. The summed E-state index contributed by atoms with van der Waals surface area (Å²) in [6, 6.07) is 17.9. The molecule has 0 radical (unpaired) electrons. The molecule has 0 aliphatic carbocycles. The number of benzene rings is 2. The van der Waals surface area contributed by atoms with Gasteiger partial charge in [0.2, 0.25) is 0 Å². The van der Waals surface area contributed by atoms with Crippen molar-refractivity contribution in [2.24, 2.45) is 0 Å². The van der Waals surface area contributed by atoms with Crippen molar-refractivity contribution in [3.63, 3.8) is 0 Å². The second-order valence-corrected chi connectivity index (χ2v) is 5.76. The standard InChI is InChI=1S/C23H23NO/c1-4-18(2)8-7-9-19-12-14-20(15-13-19)22(17-24)16-21-10-5-6-11-23(21)25-3/h5-16H,4H2,1-3H3/b9-7+,18-8-,22-16+. The Hall–Kier alpha value is -3.05. The van der Waals surface area contributed by atoms with Crippen molar-refractivity contribution in [2.45, 2.75) is 20.3 Å². The van der Waals surface area contributed by atoms with Gasteiger partial charge in [0.15, 0.2) is 0 Å². The lowest BCUT2D eigenvalue weighted by molar-refractivity contribution is 0.414. The van der Waals surface area contributed by atoms with Crippen LogP contribution in [0.4, 0.5) is 0 Å². The Kier molecular flexibility index (Phi) is 6.80. The van der Waals surface area contributed by atoms with E-state index in [-0.39, 0.29) is 0 Å². The lowest BCUT2D eigenvalue weighted by Gasteiger charge is -2.05. The Labute approximate surface area is 150 Å². The van der Waals surface area contributed by atoms with Crippen LogP contribution < -0.4 is 4.74 Å². The number of nitriles is 1. The zero-order chi connectivity index (χ0) is 18.1. The fourth-order valence-electron chi connectivity index (χ4n) is 2.34. The smallest absolute Gasteiger partial charge is 0.126 e. The van der Waals surface area contributed by atoms with Crippen molar-refractivity contribution >= 4 is 17.7 Å². The van der Waals surface area contributed by atoms with Gasteiger partial charge in [-0.1, -0.05) is 73.2 Å². The zero-order valence-corrected chi connectivity index (χ0v) is 15.0. The lowest BCUT2D eigenvalue weighted by atomic mass is 10.0. The third kappa shape index (κ3) is 5.22. The number of nitrogens with zero attached hydrogens (tertiary/aromatic N) is 1. The van der Waals surface area contributed by atoms with E-state index in [0.717, 1.165) is 28.9 Å². The molecule has 0 saturated heterocycles. The highest BCUT2D eigenvalue weighted by Gasteiger charge is 2.04. The van der Waals surface area contributed by atoms with E-state index in [9.17, 15) is 5.26 Å². The van der Waals surface area contributed by atoms with E-state index >= 15 is 0 Å². The summed E-state index contributed by atoms with van der Waals surface area (Å²) in [5.41, 5.74) is 4.86. The van der Waals surface area contributed by atoms with Crippen LogP contribution in [0.1, 0.15) is 37.0 Å². The van der Waals surface area contributed by atoms with Crippen molar-refractivity contribution in [2.75, 3.05) is 7.11 Å². The first kappa shape index (κ1) is 18.3. The highest BCUT2D eigenvalue weighted by molar-refractivity contribution is 5.90. The number of allylic oxidation sites excluding steroid dienone is 4. The number of hydrogen-bond acceptors (Lipinski definition) is 2. The Bertz CT molecular complexity index is 833. The Morgan fingerprint density at radius 3 is 2.48 bits per heavy atom. The lowest BCUT2D eigenvalue weighted by Crippen LogP contribution is -1.88. The van der Waals surface area contributed by atoms with Crippen LogP contribution >= 0.6 is 0 Å². The molecule has 2 aromatic rings. The highest BCUT2D eigenvalue weighted by Crippen LogP contribution is 2.24. The highest BCUT2D eigenvalue weighted by atomic mass is 16.5. The number of methoxy groups -OCH3 is 1. The summed E-state index contributed by atoms with van der Waals surface area (Å²) in [5.74, 6) is 0.757. The molecule has 0 amide bonds. The van der Waals surface area contributed by atoms with E-state index in [1.165, 1.54) is 5.57 Å². The molecule has 2 aromatic carbocycles. The molecule has 0 aliphatic rings. The summed E-state index contributed by atoms with van der Waals surface area (Å²) >= 11 is 0. The summed E-state index contributed by atoms with van der Waals surface area (Å²) in [6.45, 7) is 4.27. The van der Waals surface area contributed by atoms with Crippen molar-refractivity contribution in [3.05, 3.63) is 82.9 Å². The molecule has 0 spiro atoms. The molecule has 0 unspecified atom stereocenters. The maximum absolute atomic E-state index is 9.52. The van der Waals surface area contributed by atoms with Gasteiger partial charge in [-0.25, -0.2) is 0 Å². The van der Waals surface area contributed by atoms with Gasteiger partial charge in [0.05, 0.1) is 18.8 Å². The van der Waals surface area contributed by atoms with Gasteiger partial charge in [0.25, 0.3) is 0 Å². The summed E-state index contributed by atoms with van der Waals surface area (Å²) in [4.78, 5) is 0. The second kappa shape index (κ2) is 9.30. The van der Waals surface area contributed by atoms with E-state index in [1.807, 2.05) is 54.6 Å². The molecular formula is C23H23NO. The number of ether oxygens (including phenoxy) is 1. The normalized spacial score (nSPS) is 12.2. The van der Waals surface area contributed by atoms with E-state index in [1.54, 1.807) is 7.11 Å². The molecule has 2 rings (SSSR count). The molecule has 2 nitrogen and oxygen atoms in total. The van der Waals surface area contributed by atoms with Gasteiger partial charge in [0, 0.05) is 5.56 Å². The van der Waals surface area contributed by atoms with E-state index in [2.05, 4.69) is 38.1 Å². The summed E-state index contributed by atoms with van der Waals surface area (Å²) in [7, 11) is 1.63. The monoisotopic (exact) mass is 329 g/mol. The molecule has 0 aromatic heterocycles.